The topological polar surface area (TPSA) is 73.4 Å². The highest BCUT2D eigenvalue weighted by Gasteiger charge is 2.34. The van der Waals surface area contributed by atoms with Crippen molar-refractivity contribution in [3.8, 4) is 0 Å². The number of amides is 1. The highest BCUT2D eigenvalue weighted by atomic mass is 19.1. The van der Waals surface area contributed by atoms with E-state index >= 15 is 0 Å². The van der Waals surface area contributed by atoms with Gasteiger partial charge in [0.1, 0.15) is 11.5 Å². The first-order valence-electron chi connectivity index (χ1n) is 11.5. The summed E-state index contributed by atoms with van der Waals surface area (Å²) in [6.45, 7) is 8.00. The van der Waals surface area contributed by atoms with Gasteiger partial charge in [-0.05, 0) is 43.5 Å². The van der Waals surface area contributed by atoms with E-state index in [1.54, 1.807) is 19.3 Å². The van der Waals surface area contributed by atoms with Gasteiger partial charge in [0.25, 0.3) is 5.91 Å². The molecule has 2 atom stereocenters. The normalized spacial score (nSPS) is 23.0. The van der Waals surface area contributed by atoms with E-state index in [1.807, 2.05) is 6.07 Å². The maximum absolute atomic E-state index is 13.5. The molecule has 1 aliphatic carbocycles. The minimum atomic E-state index is -0.341. The molecule has 2 aliphatic heterocycles. The van der Waals surface area contributed by atoms with E-state index in [1.165, 1.54) is 18.7 Å². The number of carbonyl (C=O) groups excluding carboxylic acids is 1. The van der Waals surface area contributed by atoms with Crippen LogP contribution in [0.3, 0.4) is 0 Å². The number of hydrogen-bond donors (Lipinski definition) is 2. The number of aromatic nitrogens is 2. The number of pyridine rings is 2. The van der Waals surface area contributed by atoms with Gasteiger partial charge in [0, 0.05) is 62.1 Å². The maximum atomic E-state index is 13.5. The number of halogens is 1. The fourth-order valence-corrected chi connectivity index (χ4v) is 5.20. The summed E-state index contributed by atoms with van der Waals surface area (Å²) >= 11 is 0. The lowest BCUT2D eigenvalue weighted by atomic mass is 9.96. The lowest BCUT2D eigenvalue weighted by Gasteiger charge is -2.39. The first-order valence-corrected chi connectivity index (χ1v) is 11.5. The molecule has 2 fully saturated rings. The molecule has 0 bridgehead atoms. The van der Waals surface area contributed by atoms with Crippen molar-refractivity contribution in [1.82, 2.24) is 25.5 Å². The van der Waals surface area contributed by atoms with Crippen LogP contribution in [0.4, 0.5) is 10.1 Å². The van der Waals surface area contributed by atoms with Crippen LogP contribution >= 0.6 is 0 Å². The van der Waals surface area contributed by atoms with Crippen molar-refractivity contribution in [2.45, 2.75) is 25.3 Å². The maximum Gasteiger partial charge on any atom is 0.269 e. The molecule has 0 radical (unpaired) electrons. The molecule has 1 saturated carbocycles. The molecule has 2 aromatic heterocycles. The Morgan fingerprint density at radius 2 is 2.00 bits per heavy atom. The van der Waals surface area contributed by atoms with Crippen molar-refractivity contribution in [2.24, 2.45) is 5.92 Å². The number of carbonyl (C=O) groups is 1. The smallest absolute Gasteiger partial charge is 0.269 e. The first-order chi connectivity index (χ1) is 16.0. The number of piperazine rings is 1. The predicted octanol–water partition coefficient (Wildman–Crippen LogP) is 2.88. The molecule has 2 aromatic rings. The lowest BCUT2D eigenvalue weighted by molar-refractivity contribution is 0.0958. The molecule has 1 amide bonds. The summed E-state index contributed by atoms with van der Waals surface area (Å²) in [6, 6.07) is 5.81. The Balaban J connectivity index is 1.18. The minimum absolute atomic E-state index is 0.167. The van der Waals surface area contributed by atoms with E-state index in [9.17, 15) is 9.18 Å². The van der Waals surface area contributed by atoms with Crippen LogP contribution in [-0.4, -0.2) is 60.0 Å². The fraction of sp³-hybridized carbons (Fsp3) is 0.400. The molecule has 5 rings (SSSR count). The molecular weight excluding hydrogens is 419 g/mol. The molecule has 4 heterocycles. The van der Waals surface area contributed by atoms with Crippen LogP contribution in [0.2, 0.25) is 0 Å². The molecule has 33 heavy (non-hydrogen) atoms. The van der Waals surface area contributed by atoms with E-state index in [2.05, 4.69) is 43.1 Å². The Morgan fingerprint density at radius 3 is 2.73 bits per heavy atom. The third-order valence-corrected chi connectivity index (χ3v) is 7.05. The SMILES string of the molecule is C=C1NC(C2CCC(N3CCN(c4ccc(C(=O)NC)nc4)CC3)C2)=Cc2ncc(F)cc21. The van der Waals surface area contributed by atoms with Gasteiger partial charge in [0.05, 0.1) is 23.8 Å². The fourth-order valence-electron chi connectivity index (χ4n) is 5.20. The second-order valence-corrected chi connectivity index (χ2v) is 8.96. The quantitative estimate of drug-likeness (QED) is 0.750. The molecule has 172 valence electrons. The number of anilines is 1. The molecule has 2 unspecified atom stereocenters. The number of nitrogens with zero attached hydrogens (tertiary/aromatic N) is 4. The van der Waals surface area contributed by atoms with Crippen molar-refractivity contribution in [1.29, 1.82) is 0 Å². The lowest BCUT2D eigenvalue weighted by Crippen LogP contribution is -2.50. The highest BCUT2D eigenvalue weighted by molar-refractivity contribution is 5.92. The van der Waals surface area contributed by atoms with Crippen molar-refractivity contribution in [2.75, 3.05) is 38.1 Å². The average Bonchev–Trinajstić information content (AvgIpc) is 3.34. The second kappa shape index (κ2) is 8.94. The number of nitrogens with one attached hydrogen (secondary N) is 2. The van der Waals surface area contributed by atoms with Gasteiger partial charge >= 0.3 is 0 Å². The number of allylic oxidation sites excluding steroid dienone is 1. The van der Waals surface area contributed by atoms with Gasteiger partial charge in [-0.2, -0.15) is 0 Å². The van der Waals surface area contributed by atoms with Gasteiger partial charge in [0.15, 0.2) is 0 Å². The van der Waals surface area contributed by atoms with E-state index in [-0.39, 0.29) is 11.7 Å². The van der Waals surface area contributed by atoms with Crippen molar-refractivity contribution in [3.05, 3.63) is 65.6 Å². The monoisotopic (exact) mass is 448 g/mol. The zero-order valence-corrected chi connectivity index (χ0v) is 18.9. The second-order valence-electron chi connectivity index (χ2n) is 8.96. The van der Waals surface area contributed by atoms with Gasteiger partial charge in [-0.3, -0.25) is 14.7 Å². The van der Waals surface area contributed by atoms with Gasteiger partial charge in [-0.15, -0.1) is 0 Å². The zero-order chi connectivity index (χ0) is 22.9. The Bertz CT molecular complexity index is 1090. The van der Waals surface area contributed by atoms with Crippen molar-refractivity contribution in [3.63, 3.8) is 0 Å². The number of fused-ring (bicyclic) bond motifs is 1. The zero-order valence-electron chi connectivity index (χ0n) is 18.9. The minimum Gasteiger partial charge on any atom is -0.368 e. The van der Waals surface area contributed by atoms with E-state index in [0.29, 0.717) is 17.7 Å². The summed E-state index contributed by atoms with van der Waals surface area (Å²) < 4.78 is 13.5. The average molecular weight is 449 g/mol. The van der Waals surface area contributed by atoms with E-state index in [0.717, 1.165) is 67.4 Å². The molecule has 3 aliphatic rings. The standard InChI is InChI=1S/C25H29FN6O/c1-16-21-12-18(26)14-28-24(21)13-23(30-16)17-3-4-19(11-17)31-7-9-32(10-8-31)20-5-6-22(29-15-20)25(33)27-2/h5-6,12-15,17,19,30H,1,3-4,7-11H2,2H3,(H,27,33). The van der Waals surface area contributed by atoms with Gasteiger partial charge in [-0.25, -0.2) is 9.37 Å². The van der Waals surface area contributed by atoms with Crippen LogP contribution in [0, 0.1) is 11.7 Å². The molecule has 1 saturated heterocycles. The molecule has 0 aromatic carbocycles. The van der Waals surface area contributed by atoms with Crippen LogP contribution in [0.15, 0.2) is 42.9 Å². The van der Waals surface area contributed by atoms with Crippen LogP contribution in [0.1, 0.15) is 41.0 Å². The Labute approximate surface area is 193 Å². The summed E-state index contributed by atoms with van der Waals surface area (Å²) in [5.41, 5.74) is 4.90. The Kier molecular flexibility index (Phi) is 5.85. The van der Waals surface area contributed by atoms with E-state index in [4.69, 9.17) is 0 Å². The highest BCUT2D eigenvalue weighted by Crippen LogP contribution is 2.37. The molecule has 0 spiro atoms. The third kappa shape index (κ3) is 4.35. The van der Waals surface area contributed by atoms with E-state index < -0.39 is 0 Å². The number of rotatable bonds is 4. The molecular formula is C25H29FN6O. The van der Waals surface area contributed by atoms with Gasteiger partial charge in [-0.1, -0.05) is 6.58 Å². The van der Waals surface area contributed by atoms with Gasteiger partial charge in [0.2, 0.25) is 0 Å². The summed E-state index contributed by atoms with van der Waals surface area (Å²) in [4.78, 5) is 25.2. The predicted molar refractivity (Wildman–Crippen MR) is 127 cm³/mol. The van der Waals surface area contributed by atoms with Crippen LogP contribution in [-0.2, 0) is 0 Å². The van der Waals surface area contributed by atoms with Crippen LogP contribution in [0.5, 0.6) is 0 Å². The van der Waals surface area contributed by atoms with Gasteiger partial charge < -0.3 is 15.5 Å². The third-order valence-electron chi connectivity index (χ3n) is 7.05. The molecule has 7 nitrogen and oxygen atoms in total. The Hall–Kier alpha value is -3.26. The molecule has 2 N–H and O–H groups in total. The number of hydrogen-bond acceptors (Lipinski definition) is 6. The van der Waals surface area contributed by atoms with Crippen LogP contribution < -0.4 is 15.5 Å². The first kappa shape index (κ1) is 21.6. The summed E-state index contributed by atoms with van der Waals surface area (Å²) in [6.07, 6.45) is 8.51. The molecule has 8 heteroatoms. The summed E-state index contributed by atoms with van der Waals surface area (Å²) in [5.74, 6) is -0.0715. The van der Waals surface area contributed by atoms with Crippen molar-refractivity contribution >= 4 is 23.4 Å². The largest absolute Gasteiger partial charge is 0.368 e. The van der Waals surface area contributed by atoms with Crippen molar-refractivity contribution < 1.29 is 9.18 Å². The van der Waals surface area contributed by atoms with Crippen LogP contribution in [0.25, 0.3) is 11.8 Å². The Morgan fingerprint density at radius 1 is 1.18 bits per heavy atom. The summed E-state index contributed by atoms with van der Waals surface area (Å²) in [5, 5.41) is 6.01. The summed E-state index contributed by atoms with van der Waals surface area (Å²) in [7, 11) is 1.61.